The molecule has 0 radical (unpaired) electrons. The van der Waals surface area contributed by atoms with E-state index >= 15 is 0 Å². The number of nitrogens with zero attached hydrogens (tertiary/aromatic N) is 1. The van der Waals surface area contributed by atoms with Crippen LogP contribution in [-0.4, -0.2) is 29.9 Å². The van der Waals surface area contributed by atoms with Crippen LogP contribution in [0.2, 0.25) is 0 Å². The molecule has 1 aromatic heterocycles. The summed E-state index contributed by atoms with van der Waals surface area (Å²) in [5.41, 5.74) is 6.75. The van der Waals surface area contributed by atoms with Gasteiger partial charge in [0.1, 0.15) is 0 Å². The molecule has 128 valence electrons. The Balaban J connectivity index is 1.71. The summed E-state index contributed by atoms with van der Waals surface area (Å²) in [5, 5.41) is 6.28. The molecular formula is C17H22N4O2S. The van der Waals surface area contributed by atoms with Crippen LogP contribution in [0.15, 0.2) is 18.2 Å². The zero-order chi connectivity index (χ0) is 16.9. The number of hydrogen-bond donors (Lipinski definition) is 3. The maximum absolute atomic E-state index is 12.3. The monoisotopic (exact) mass is 346 g/mol. The number of anilines is 1. The van der Waals surface area contributed by atoms with Crippen molar-refractivity contribution < 1.29 is 9.59 Å². The number of hydrogen-bond acceptors (Lipinski definition) is 5. The van der Waals surface area contributed by atoms with Crippen molar-refractivity contribution in [3.63, 3.8) is 0 Å². The summed E-state index contributed by atoms with van der Waals surface area (Å²) in [6.07, 6.45) is 5.39. The van der Waals surface area contributed by atoms with Gasteiger partial charge in [0.2, 0.25) is 5.91 Å². The molecule has 1 fully saturated rings. The summed E-state index contributed by atoms with van der Waals surface area (Å²) >= 11 is 1.40. The lowest BCUT2D eigenvalue weighted by molar-refractivity contribution is -0.120. The van der Waals surface area contributed by atoms with Crippen molar-refractivity contribution in [1.29, 1.82) is 0 Å². The summed E-state index contributed by atoms with van der Waals surface area (Å²) in [6, 6.07) is 5.34. The molecule has 0 atom stereocenters. The fourth-order valence-electron chi connectivity index (χ4n) is 2.98. The lowest BCUT2D eigenvalue weighted by Crippen LogP contribution is -2.28. The molecular weight excluding hydrogens is 324 g/mol. The minimum atomic E-state index is -0.149. The first-order chi connectivity index (χ1) is 11.7. The second kappa shape index (κ2) is 7.72. The number of thiazole rings is 1. The van der Waals surface area contributed by atoms with Crippen LogP contribution in [0.5, 0.6) is 0 Å². The normalized spacial score (nSPS) is 15.4. The molecule has 2 amide bonds. The van der Waals surface area contributed by atoms with Crippen molar-refractivity contribution in [2.45, 2.75) is 32.1 Å². The summed E-state index contributed by atoms with van der Waals surface area (Å²) in [5.74, 6) is 0.0153. The van der Waals surface area contributed by atoms with Crippen LogP contribution in [0.1, 0.15) is 42.5 Å². The number of aromatic nitrogens is 1. The van der Waals surface area contributed by atoms with Gasteiger partial charge in [0.15, 0.2) is 5.13 Å². The lowest BCUT2D eigenvalue weighted by Gasteiger charge is -2.19. The predicted octanol–water partition coefficient (Wildman–Crippen LogP) is 2.50. The summed E-state index contributed by atoms with van der Waals surface area (Å²) in [4.78, 5) is 28.7. The predicted molar refractivity (Wildman–Crippen MR) is 96.2 cm³/mol. The average molecular weight is 346 g/mol. The van der Waals surface area contributed by atoms with Crippen LogP contribution in [0.3, 0.4) is 0 Å². The lowest BCUT2D eigenvalue weighted by atomic mass is 9.89. The fraction of sp³-hybridized carbons (Fsp3) is 0.471. The van der Waals surface area contributed by atoms with Gasteiger partial charge >= 0.3 is 0 Å². The molecule has 1 heterocycles. The Labute approximate surface area is 144 Å². The van der Waals surface area contributed by atoms with Gasteiger partial charge in [-0.1, -0.05) is 30.6 Å². The van der Waals surface area contributed by atoms with E-state index in [1.807, 2.05) is 0 Å². The number of carbonyl (C=O) groups is 2. The van der Waals surface area contributed by atoms with Gasteiger partial charge in [-0.05, 0) is 31.0 Å². The Kier molecular flexibility index (Phi) is 5.42. The van der Waals surface area contributed by atoms with Gasteiger partial charge in [-0.2, -0.15) is 0 Å². The van der Waals surface area contributed by atoms with E-state index in [0.29, 0.717) is 23.8 Å². The molecule has 24 heavy (non-hydrogen) atoms. The molecule has 0 spiro atoms. The third kappa shape index (κ3) is 3.91. The molecule has 3 rings (SSSR count). The van der Waals surface area contributed by atoms with Gasteiger partial charge in [-0.3, -0.25) is 9.59 Å². The SMILES string of the molecule is NCCNC(=O)c1ccc2nc(NC(=O)C3CCCCC3)sc2c1. The van der Waals surface area contributed by atoms with Crippen LogP contribution in [0, 0.1) is 5.92 Å². The third-order valence-electron chi connectivity index (χ3n) is 4.29. The first-order valence-corrected chi connectivity index (χ1v) is 9.19. The minimum absolute atomic E-state index is 0.0645. The van der Waals surface area contributed by atoms with Crippen molar-refractivity contribution in [1.82, 2.24) is 10.3 Å². The smallest absolute Gasteiger partial charge is 0.251 e. The second-order valence-electron chi connectivity index (χ2n) is 6.07. The van der Waals surface area contributed by atoms with E-state index in [4.69, 9.17) is 5.73 Å². The molecule has 0 unspecified atom stereocenters. The first-order valence-electron chi connectivity index (χ1n) is 8.37. The van der Waals surface area contributed by atoms with Crippen LogP contribution in [0.25, 0.3) is 10.2 Å². The molecule has 6 nitrogen and oxygen atoms in total. The molecule has 4 N–H and O–H groups in total. The second-order valence-corrected chi connectivity index (χ2v) is 7.10. The summed E-state index contributed by atoms with van der Waals surface area (Å²) in [7, 11) is 0. The minimum Gasteiger partial charge on any atom is -0.351 e. The number of amides is 2. The van der Waals surface area contributed by atoms with Gasteiger partial charge in [-0.15, -0.1) is 0 Å². The van der Waals surface area contributed by atoms with E-state index in [-0.39, 0.29) is 17.7 Å². The van der Waals surface area contributed by atoms with E-state index in [1.165, 1.54) is 17.8 Å². The Morgan fingerprint density at radius 3 is 2.79 bits per heavy atom. The van der Waals surface area contributed by atoms with Gasteiger partial charge in [0.25, 0.3) is 5.91 Å². The van der Waals surface area contributed by atoms with Crippen LogP contribution >= 0.6 is 11.3 Å². The number of nitrogens with one attached hydrogen (secondary N) is 2. The molecule has 1 saturated carbocycles. The number of benzene rings is 1. The van der Waals surface area contributed by atoms with Crippen molar-refractivity contribution in [3.8, 4) is 0 Å². The maximum atomic E-state index is 12.3. The van der Waals surface area contributed by atoms with Crippen LogP contribution < -0.4 is 16.4 Å². The van der Waals surface area contributed by atoms with Gasteiger partial charge < -0.3 is 16.4 Å². The number of rotatable bonds is 5. The maximum Gasteiger partial charge on any atom is 0.251 e. The number of carbonyl (C=O) groups excluding carboxylic acids is 2. The van der Waals surface area contributed by atoms with Crippen molar-refractivity contribution in [2.24, 2.45) is 11.7 Å². The van der Waals surface area contributed by atoms with Crippen molar-refractivity contribution >= 4 is 38.5 Å². The largest absolute Gasteiger partial charge is 0.351 e. The standard InChI is InChI=1S/C17H22N4O2S/c18-8-9-19-15(22)12-6-7-13-14(10-12)24-17(20-13)21-16(23)11-4-2-1-3-5-11/h6-7,10-11H,1-5,8-9,18H2,(H,19,22)(H,20,21,23). The molecule has 0 aliphatic heterocycles. The molecule has 0 saturated heterocycles. The zero-order valence-corrected chi connectivity index (χ0v) is 14.3. The van der Waals surface area contributed by atoms with E-state index in [2.05, 4.69) is 15.6 Å². The Hall–Kier alpha value is -1.99. The van der Waals surface area contributed by atoms with E-state index < -0.39 is 0 Å². The van der Waals surface area contributed by atoms with E-state index in [0.717, 1.165) is 35.9 Å². The Morgan fingerprint density at radius 2 is 2.04 bits per heavy atom. The third-order valence-corrected chi connectivity index (χ3v) is 5.22. The highest BCUT2D eigenvalue weighted by atomic mass is 32.1. The van der Waals surface area contributed by atoms with Crippen LogP contribution in [-0.2, 0) is 4.79 Å². The first kappa shape index (κ1) is 16.9. The highest BCUT2D eigenvalue weighted by Gasteiger charge is 2.22. The average Bonchev–Trinajstić information content (AvgIpc) is 3.01. The van der Waals surface area contributed by atoms with Crippen molar-refractivity contribution in [3.05, 3.63) is 23.8 Å². The van der Waals surface area contributed by atoms with E-state index in [9.17, 15) is 9.59 Å². The molecule has 0 bridgehead atoms. The van der Waals surface area contributed by atoms with E-state index in [1.54, 1.807) is 18.2 Å². The molecule has 7 heteroatoms. The highest BCUT2D eigenvalue weighted by Crippen LogP contribution is 2.29. The zero-order valence-electron chi connectivity index (χ0n) is 13.5. The molecule has 1 aromatic carbocycles. The van der Waals surface area contributed by atoms with Gasteiger partial charge in [0.05, 0.1) is 10.2 Å². The van der Waals surface area contributed by atoms with Gasteiger partial charge in [-0.25, -0.2) is 4.98 Å². The summed E-state index contributed by atoms with van der Waals surface area (Å²) in [6.45, 7) is 0.855. The molecule has 1 aliphatic rings. The highest BCUT2D eigenvalue weighted by molar-refractivity contribution is 7.22. The fourth-order valence-corrected chi connectivity index (χ4v) is 3.89. The summed E-state index contributed by atoms with van der Waals surface area (Å²) < 4.78 is 0.884. The molecule has 1 aliphatic carbocycles. The molecule has 2 aromatic rings. The number of nitrogens with two attached hydrogens (primary N) is 1. The van der Waals surface area contributed by atoms with Crippen molar-refractivity contribution in [2.75, 3.05) is 18.4 Å². The quantitative estimate of drug-likeness (QED) is 0.775. The topological polar surface area (TPSA) is 97.1 Å². The Bertz CT molecular complexity index is 737. The van der Waals surface area contributed by atoms with Gasteiger partial charge in [0, 0.05) is 24.6 Å². The number of fused-ring (bicyclic) bond motifs is 1. The van der Waals surface area contributed by atoms with Crippen LogP contribution in [0.4, 0.5) is 5.13 Å². The Morgan fingerprint density at radius 1 is 1.25 bits per heavy atom.